The Bertz CT molecular complexity index is 1570. The van der Waals surface area contributed by atoms with Gasteiger partial charge in [0.15, 0.2) is 0 Å². The molecule has 1 aliphatic carbocycles. The van der Waals surface area contributed by atoms with E-state index in [-0.39, 0.29) is 47.7 Å². The lowest BCUT2D eigenvalue weighted by atomic mass is 9.76. The van der Waals surface area contributed by atoms with E-state index in [1.807, 2.05) is 4.90 Å². The maximum atomic E-state index is 13.9. The number of aliphatic carboxylic acids is 1. The summed E-state index contributed by atoms with van der Waals surface area (Å²) in [5.41, 5.74) is -4.58. The monoisotopic (exact) mass is 693 g/mol. The number of tetrazole rings is 1. The summed E-state index contributed by atoms with van der Waals surface area (Å²) in [5, 5.41) is 20.8. The molecule has 2 aromatic heterocycles. The Labute approximate surface area is 268 Å². The first-order valence-electron chi connectivity index (χ1n) is 15.2. The summed E-state index contributed by atoms with van der Waals surface area (Å²) in [6.45, 7) is -0.632. The van der Waals surface area contributed by atoms with Gasteiger partial charge < -0.3 is 14.9 Å². The molecule has 5 rings (SSSR count). The molecule has 9 nitrogen and oxygen atoms in total. The molecule has 0 bridgehead atoms. The number of pyridine rings is 1. The van der Waals surface area contributed by atoms with Crippen LogP contribution in [0.25, 0.3) is 0 Å². The summed E-state index contributed by atoms with van der Waals surface area (Å²) in [5.74, 6) is -0.747. The lowest BCUT2D eigenvalue weighted by molar-refractivity contribution is -0.143. The molecular formula is C30H32F9N7O2. The van der Waals surface area contributed by atoms with E-state index in [1.165, 1.54) is 7.05 Å². The van der Waals surface area contributed by atoms with Gasteiger partial charge >= 0.3 is 24.5 Å². The summed E-state index contributed by atoms with van der Waals surface area (Å²) in [7, 11) is 1.37. The Morgan fingerprint density at radius 1 is 0.875 bits per heavy atom. The Morgan fingerprint density at radius 2 is 1.50 bits per heavy atom. The molecular weight excluding hydrogens is 661 g/mol. The quantitative estimate of drug-likeness (QED) is 0.237. The average Bonchev–Trinajstić information content (AvgIpc) is 3.65. The molecule has 2 fully saturated rings. The number of hydrogen-bond donors (Lipinski definition) is 1. The third-order valence-corrected chi connectivity index (χ3v) is 8.90. The summed E-state index contributed by atoms with van der Waals surface area (Å²) in [4.78, 5) is 19.5. The highest BCUT2D eigenvalue weighted by atomic mass is 19.4. The maximum Gasteiger partial charge on any atom is 0.417 e. The molecule has 0 radical (unpaired) electrons. The number of aryl methyl sites for hydroxylation is 1. The molecule has 3 aromatic rings. The fraction of sp³-hybridized carbons (Fsp3) is 0.567. The van der Waals surface area contributed by atoms with Crippen LogP contribution in [0.2, 0.25) is 0 Å². The third-order valence-electron chi connectivity index (χ3n) is 8.90. The number of anilines is 2. The van der Waals surface area contributed by atoms with E-state index in [9.17, 15) is 49.4 Å². The van der Waals surface area contributed by atoms with Crippen LogP contribution >= 0.6 is 0 Å². The second kappa shape index (κ2) is 13.4. The van der Waals surface area contributed by atoms with Crippen molar-refractivity contribution >= 4 is 17.7 Å². The molecule has 2 aliphatic rings. The Hall–Kier alpha value is -4.12. The van der Waals surface area contributed by atoms with Crippen LogP contribution in [0.5, 0.6) is 0 Å². The molecule has 0 spiro atoms. The van der Waals surface area contributed by atoms with E-state index in [2.05, 4.69) is 20.4 Å². The van der Waals surface area contributed by atoms with Gasteiger partial charge in [0.1, 0.15) is 5.82 Å². The van der Waals surface area contributed by atoms with Crippen LogP contribution in [0.1, 0.15) is 72.8 Å². The Balaban J connectivity index is 1.52. The number of carboxylic acid groups (broad SMARTS) is 1. The van der Waals surface area contributed by atoms with E-state index in [0.29, 0.717) is 44.1 Å². The molecule has 18 heteroatoms. The lowest BCUT2D eigenvalue weighted by Gasteiger charge is -2.38. The zero-order valence-corrected chi connectivity index (χ0v) is 25.6. The minimum Gasteiger partial charge on any atom is -0.481 e. The largest absolute Gasteiger partial charge is 0.481 e. The van der Waals surface area contributed by atoms with E-state index < -0.39 is 59.8 Å². The number of halogens is 9. The minimum absolute atomic E-state index is 0.00804. The second-order valence-corrected chi connectivity index (χ2v) is 12.3. The summed E-state index contributed by atoms with van der Waals surface area (Å²) in [6, 6.07) is 1.84. The van der Waals surface area contributed by atoms with Crippen LogP contribution in [-0.2, 0) is 43.5 Å². The van der Waals surface area contributed by atoms with Crippen molar-refractivity contribution in [2.24, 2.45) is 18.9 Å². The highest BCUT2D eigenvalue weighted by Crippen LogP contribution is 2.42. The van der Waals surface area contributed by atoms with Gasteiger partial charge in [0, 0.05) is 43.9 Å². The third kappa shape index (κ3) is 8.29. The van der Waals surface area contributed by atoms with Gasteiger partial charge in [-0.3, -0.25) is 4.79 Å². The number of carbonyl (C=O) groups is 1. The Kier molecular flexibility index (Phi) is 9.83. The predicted octanol–water partition coefficient (Wildman–Crippen LogP) is 7.12. The van der Waals surface area contributed by atoms with Crippen LogP contribution in [0.4, 0.5) is 51.3 Å². The van der Waals surface area contributed by atoms with Crippen molar-refractivity contribution in [3.63, 3.8) is 0 Å². The molecule has 1 saturated carbocycles. The first-order chi connectivity index (χ1) is 22.4. The molecule has 1 aromatic carbocycles. The van der Waals surface area contributed by atoms with Gasteiger partial charge in [0.2, 0.25) is 0 Å². The number of aromatic nitrogens is 5. The molecule has 48 heavy (non-hydrogen) atoms. The van der Waals surface area contributed by atoms with Crippen molar-refractivity contribution in [2.75, 3.05) is 16.3 Å². The van der Waals surface area contributed by atoms with Crippen molar-refractivity contribution in [3.05, 3.63) is 58.3 Å². The molecule has 0 amide bonds. The number of benzene rings is 1. The molecule has 3 heterocycles. The first-order valence-corrected chi connectivity index (χ1v) is 15.2. The molecule has 262 valence electrons. The van der Waals surface area contributed by atoms with Crippen molar-refractivity contribution in [1.82, 2.24) is 25.2 Å². The average molecular weight is 694 g/mol. The number of alkyl halides is 9. The standard InChI is InChI=1S/C30H32F9N7O2/c1-44-42-27(41-43-44)45(15-18-9-21(28(31,32)33)13-22(10-18)29(34,35)36)16-20-12-23(30(37,38)39)14-40-26(20)46-8-2-3-24(46)19-6-4-17(5-7-19)11-25(47)48/h9-10,12-14,17,19,24H,2-8,11,15-16H2,1H3,(H,47,48). The number of nitrogens with zero attached hydrogens (tertiary/aromatic N) is 7. The van der Waals surface area contributed by atoms with E-state index >= 15 is 0 Å². The van der Waals surface area contributed by atoms with Crippen molar-refractivity contribution in [1.29, 1.82) is 0 Å². The topological polar surface area (TPSA) is 100 Å². The van der Waals surface area contributed by atoms with Crippen LogP contribution < -0.4 is 9.80 Å². The normalized spacial score (nSPS) is 20.7. The molecule has 1 atom stereocenters. The summed E-state index contributed by atoms with van der Waals surface area (Å²) in [6.07, 6.45) is -10.00. The van der Waals surface area contributed by atoms with Gasteiger partial charge in [0.25, 0.3) is 5.95 Å². The van der Waals surface area contributed by atoms with Crippen LogP contribution in [0.3, 0.4) is 0 Å². The first kappa shape index (κ1) is 35.2. The van der Waals surface area contributed by atoms with Crippen LogP contribution in [0, 0.1) is 11.8 Å². The molecule has 1 unspecified atom stereocenters. The van der Waals surface area contributed by atoms with Gasteiger partial charge in [-0.25, -0.2) is 4.98 Å². The molecule has 1 aliphatic heterocycles. The van der Waals surface area contributed by atoms with Gasteiger partial charge in [-0.05, 0) is 85.4 Å². The summed E-state index contributed by atoms with van der Waals surface area (Å²) >= 11 is 0. The lowest BCUT2D eigenvalue weighted by Crippen LogP contribution is -2.39. The van der Waals surface area contributed by atoms with E-state index in [1.54, 1.807) is 0 Å². The van der Waals surface area contributed by atoms with Gasteiger partial charge in [-0.2, -0.15) is 44.3 Å². The maximum absolute atomic E-state index is 13.9. The van der Waals surface area contributed by atoms with E-state index in [0.717, 1.165) is 35.0 Å². The molecule has 1 saturated heterocycles. The van der Waals surface area contributed by atoms with E-state index in [4.69, 9.17) is 0 Å². The predicted molar refractivity (Wildman–Crippen MR) is 152 cm³/mol. The van der Waals surface area contributed by atoms with Crippen molar-refractivity contribution in [2.45, 2.75) is 82.6 Å². The van der Waals surface area contributed by atoms with Crippen molar-refractivity contribution < 1.29 is 49.4 Å². The van der Waals surface area contributed by atoms with Crippen LogP contribution in [-0.4, -0.2) is 48.9 Å². The SMILES string of the molecule is Cn1nnc(N(Cc2cc(C(F)(F)F)cc(C(F)(F)F)c2)Cc2cc(C(F)(F)F)cnc2N2CCCC2C2CCC(CC(=O)O)CC2)n1. The number of carboxylic acids is 1. The van der Waals surface area contributed by atoms with Gasteiger partial charge in [0.05, 0.1) is 23.7 Å². The minimum atomic E-state index is -5.11. The highest BCUT2D eigenvalue weighted by molar-refractivity contribution is 5.67. The summed E-state index contributed by atoms with van der Waals surface area (Å²) < 4.78 is 124. The fourth-order valence-electron chi connectivity index (χ4n) is 6.74. The Morgan fingerprint density at radius 3 is 2.04 bits per heavy atom. The fourth-order valence-corrected chi connectivity index (χ4v) is 6.74. The highest BCUT2D eigenvalue weighted by Gasteiger charge is 2.39. The smallest absolute Gasteiger partial charge is 0.417 e. The van der Waals surface area contributed by atoms with Gasteiger partial charge in [-0.15, -0.1) is 5.10 Å². The number of rotatable bonds is 9. The van der Waals surface area contributed by atoms with Crippen LogP contribution in [0.15, 0.2) is 30.5 Å². The number of hydrogen-bond acceptors (Lipinski definition) is 7. The van der Waals surface area contributed by atoms with Crippen molar-refractivity contribution in [3.8, 4) is 0 Å². The van der Waals surface area contributed by atoms with Gasteiger partial charge in [-0.1, -0.05) is 5.10 Å². The zero-order valence-electron chi connectivity index (χ0n) is 25.6. The second-order valence-electron chi connectivity index (χ2n) is 12.3. The zero-order chi connectivity index (χ0) is 35.0. The molecule has 1 N–H and O–H groups in total.